The molecule has 1 fully saturated rings. The maximum Gasteiger partial charge on any atom is 0.180 e. The lowest BCUT2D eigenvalue weighted by Gasteiger charge is -2.39. The summed E-state index contributed by atoms with van der Waals surface area (Å²) >= 11 is 8.16. The van der Waals surface area contributed by atoms with E-state index in [-0.39, 0.29) is 22.2 Å². The molecule has 3 nitrogen and oxygen atoms in total. The van der Waals surface area contributed by atoms with E-state index in [4.69, 9.17) is 11.6 Å². The number of nitrogens with zero attached hydrogens (tertiary/aromatic N) is 2. The molecule has 4 rings (SSSR count). The molecule has 2 aliphatic rings. The largest absolute Gasteiger partial charge is 0.366 e. The van der Waals surface area contributed by atoms with Crippen LogP contribution in [0.3, 0.4) is 0 Å². The molecule has 6 heteroatoms. The lowest BCUT2D eigenvalue weighted by molar-refractivity contribution is -0.0734. The van der Waals surface area contributed by atoms with Crippen LogP contribution in [0.4, 0.5) is 0 Å². The molecule has 2 aromatic carbocycles. The number of benzene rings is 2. The van der Waals surface area contributed by atoms with Crippen LogP contribution in [-0.2, 0) is 12.1 Å². The van der Waals surface area contributed by atoms with Gasteiger partial charge in [0.2, 0.25) is 0 Å². The summed E-state index contributed by atoms with van der Waals surface area (Å²) in [6.45, 7) is 1.65. The number of halogens is 2. The normalized spacial score (nSPS) is 24.6. The van der Waals surface area contributed by atoms with E-state index in [0.29, 0.717) is 5.02 Å². The van der Waals surface area contributed by atoms with Crippen molar-refractivity contribution in [2.45, 2.75) is 30.2 Å². The van der Waals surface area contributed by atoms with Crippen LogP contribution < -0.4 is 0 Å². The van der Waals surface area contributed by atoms with Gasteiger partial charge in [-0.1, -0.05) is 71.9 Å². The molecule has 1 saturated heterocycles. The van der Waals surface area contributed by atoms with Crippen molar-refractivity contribution in [3.63, 3.8) is 0 Å². The van der Waals surface area contributed by atoms with Gasteiger partial charge in [0.1, 0.15) is 0 Å². The summed E-state index contributed by atoms with van der Waals surface area (Å²) in [6.07, 6.45) is 2.75. The van der Waals surface area contributed by atoms with Gasteiger partial charge < -0.3 is 10.0 Å². The number of hydrogen-bond donors (Lipinski definition) is 1. The standard InChI is InChI=1S/C20H21ClN2OS.BrH/c21-17-10-5-4-9-16(17)20(24)18(12-11-15-7-2-1-3-8-15)25-19-22-13-6-14-23(19)20;/h1-5,7-10,18,24H,6,11-14H2;1H. The van der Waals surface area contributed by atoms with Gasteiger partial charge >= 0.3 is 0 Å². The molecule has 0 amide bonds. The Morgan fingerprint density at radius 1 is 1.15 bits per heavy atom. The first kappa shape index (κ1) is 19.7. The predicted molar refractivity (Wildman–Crippen MR) is 115 cm³/mol. The Balaban J connectivity index is 0.00000196. The van der Waals surface area contributed by atoms with E-state index in [1.807, 2.05) is 30.3 Å². The Kier molecular flexibility index (Phi) is 6.33. The van der Waals surface area contributed by atoms with Gasteiger partial charge in [0.25, 0.3) is 0 Å². The molecule has 0 spiro atoms. The van der Waals surface area contributed by atoms with Gasteiger partial charge in [0, 0.05) is 23.7 Å². The zero-order valence-corrected chi connectivity index (χ0v) is 17.6. The predicted octanol–water partition coefficient (Wildman–Crippen LogP) is 4.87. The SMILES string of the molecule is Br.OC1(c2ccccc2Cl)C(CCc2ccccc2)SC2=NCCCN21. The van der Waals surface area contributed by atoms with E-state index >= 15 is 0 Å². The molecule has 0 aliphatic carbocycles. The Hall–Kier alpha value is -1.01. The number of rotatable bonds is 4. The van der Waals surface area contributed by atoms with E-state index in [9.17, 15) is 5.11 Å². The molecule has 0 bridgehead atoms. The van der Waals surface area contributed by atoms with Crippen LogP contribution in [0, 0.1) is 0 Å². The summed E-state index contributed by atoms with van der Waals surface area (Å²) in [6, 6.07) is 18.1. The first-order chi connectivity index (χ1) is 12.2. The van der Waals surface area contributed by atoms with Crippen molar-refractivity contribution in [1.29, 1.82) is 0 Å². The highest BCUT2D eigenvalue weighted by atomic mass is 79.9. The van der Waals surface area contributed by atoms with Gasteiger partial charge in [0.05, 0.1) is 5.25 Å². The summed E-state index contributed by atoms with van der Waals surface area (Å²) in [5, 5.41) is 13.4. The second-order valence-corrected chi connectivity index (χ2v) is 8.08. The van der Waals surface area contributed by atoms with Crippen LogP contribution in [0.5, 0.6) is 0 Å². The van der Waals surface area contributed by atoms with Gasteiger partial charge in [-0.25, -0.2) is 0 Å². The fraction of sp³-hybridized carbons (Fsp3) is 0.350. The van der Waals surface area contributed by atoms with E-state index in [1.54, 1.807) is 11.8 Å². The van der Waals surface area contributed by atoms with Crippen LogP contribution in [0.1, 0.15) is 24.0 Å². The van der Waals surface area contributed by atoms with E-state index in [0.717, 1.165) is 43.1 Å². The number of hydrogen-bond acceptors (Lipinski definition) is 4. The van der Waals surface area contributed by atoms with E-state index in [1.165, 1.54) is 5.56 Å². The monoisotopic (exact) mass is 452 g/mol. The summed E-state index contributed by atoms with van der Waals surface area (Å²) in [7, 11) is 0. The Morgan fingerprint density at radius 3 is 2.65 bits per heavy atom. The summed E-state index contributed by atoms with van der Waals surface area (Å²) < 4.78 is 0. The maximum absolute atomic E-state index is 11.8. The second kappa shape index (κ2) is 8.34. The van der Waals surface area contributed by atoms with Crippen molar-refractivity contribution < 1.29 is 5.11 Å². The molecule has 1 N–H and O–H groups in total. The van der Waals surface area contributed by atoms with Crippen LogP contribution in [0.2, 0.25) is 5.02 Å². The lowest BCUT2D eigenvalue weighted by atomic mass is 9.93. The first-order valence-corrected chi connectivity index (χ1v) is 9.95. The molecule has 26 heavy (non-hydrogen) atoms. The fourth-order valence-corrected chi connectivity index (χ4v) is 5.37. The molecule has 138 valence electrons. The average molecular weight is 454 g/mol. The molecule has 2 heterocycles. The minimum Gasteiger partial charge on any atom is -0.366 e. The molecular weight excluding hydrogens is 432 g/mol. The molecule has 2 aromatic rings. The Bertz CT molecular complexity index is 788. The van der Waals surface area contributed by atoms with Crippen molar-refractivity contribution in [1.82, 2.24) is 4.90 Å². The molecule has 2 aliphatic heterocycles. The smallest absolute Gasteiger partial charge is 0.180 e. The Labute approximate surface area is 174 Å². The van der Waals surface area contributed by atoms with Crippen LogP contribution in [0.15, 0.2) is 59.6 Å². The first-order valence-electron chi connectivity index (χ1n) is 8.69. The Morgan fingerprint density at radius 2 is 1.88 bits per heavy atom. The molecule has 0 saturated carbocycles. The topological polar surface area (TPSA) is 35.8 Å². The number of aliphatic hydroxyl groups is 1. The van der Waals surface area contributed by atoms with Gasteiger partial charge in [0.15, 0.2) is 10.9 Å². The van der Waals surface area contributed by atoms with Crippen molar-refractivity contribution in [3.05, 3.63) is 70.7 Å². The second-order valence-electron chi connectivity index (χ2n) is 6.51. The van der Waals surface area contributed by atoms with Crippen LogP contribution >= 0.6 is 40.3 Å². The molecule has 2 atom stereocenters. The zero-order valence-electron chi connectivity index (χ0n) is 14.3. The average Bonchev–Trinajstić information content (AvgIpc) is 2.94. The molecule has 0 radical (unpaired) electrons. The van der Waals surface area contributed by atoms with Crippen LogP contribution in [0.25, 0.3) is 0 Å². The zero-order chi connectivity index (χ0) is 17.3. The van der Waals surface area contributed by atoms with Crippen molar-refractivity contribution in [3.8, 4) is 0 Å². The highest BCUT2D eigenvalue weighted by molar-refractivity contribution is 8.93. The molecule has 0 aromatic heterocycles. The third-order valence-electron chi connectivity index (χ3n) is 4.93. The van der Waals surface area contributed by atoms with Gasteiger partial charge in [-0.3, -0.25) is 4.99 Å². The molecule has 2 unspecified atom stereocenters. The summed E-state index contributed by atoms with van der Waals surface area (Å²) in [4.78, 5) is 6.70. The van der Waals surface area contributed by atoms with Gasteiger partial charge in [-0.15, -0.1) is 17.0 Å². The van der Waals surface area contributed by atoms with Crippen molar-refractivity contribution >= 4 is 45.5 Å². The van der Waals surface area contributed by atoms with Crippen molar-refractivity contribution in [2.75, 3.05) is 13.1 Å². The minimum atomic E-state index is -1.10. The third kappa shape index (κ3) is 3.55. The highest BCUT2D eigenvalue weighted by Gasteiger charge is 2.53. The van der Waals surface area contributed by atoms with Crippen LogP contribution in [-0.4, -0.2) is 33.5 Å². The maximum atomic E-state index is 11.8. The fourth-order valence-electron chi connectivity index (χ4n) is 3.67. The number of fused-ring (bicyclic) bond motifs is 1. The van der Waals surface area contributed by atoms with E-state index < -0.39 is 5.72 Å². The lowest BCUT2D eigenvalue weighted by Crippen LogP contribution is -2.50. The minimum absolute atomic E-state index is 0. The number of thioether (sulfide) groups is 1. The number of aliphatic imine (C=N–C) groups is 1. The van der Waals surface area contributed by atoms with Gasteiger partial charge in [-0.05, 0) is 30.9 Å². The summed E-state index contributed by atoms with van der Waals surface area (Å²) in [5.74, 6) is 0. The third-order valence-corrected chi connectivity index (χ3v) is 6.67. The van der Waals surface area contributed by atoms with E-state index in [2.05, 4.69) is 34.2 Å². The quantitative estimate of drug-likeness (QED) is 0.717. The molecular formula is C20H22BrClN2OS. The highest BCUT2D eigenvalue weighted by Crippen LogP contribution is 2.49. The van der Waals surface area contributed by atoms with Gasteiger partial charge in [-0.2, -0.15) is 0 Å². The number of amidine groups is 1. The summed E-state index contributed by atoms with van der Waals surface area (Å²) in [5.41, 5.74) is 0.975. The number of aryl methyl sites for hydroxylation is 1. The van der Waals surface area contributed by atoms with Crippen molar-refractivity contribution in [2.24, 2.45) is 4.99 Å².